The van der Waals surface area contributed by atoms with Crippen molar-refractivity contribution in [2.75, 3.05) is 32.0 Å². The van der Waals surface area contributed by atoms with E-state index < -0.39 is 0 Å². The van der Waals surface area contributed by atoms with Crippen molar-refractivity contribution in [1.82, 2.24) is 14.9 Å². The van der Waals surface area contributed by atoms with Crippen molar-refractivity contribution >= 4 is 23.1 Å². The van der Waals surface area contributed by atoms with E-state index in [-0.39, 0.29) is 17.6 Å². The Balaban J connectivity index is 1.36. The highest BCUT2D eigenvalue weighted by Crippen LogP contribution is 2.46. The topological polar surface area (TPSA) is 90.6 Å². The summed E-state index contributed by atoms with van der Waals surface area (Å²) >= 11 is 1.77. The number of aromatic nitrogens is 2. The third-order valence-corrected chi connectivity index (χ3v) is 7.24. The van der Waals surface area contributed by atoms with E-state index in [4.69, 9.17) is 15.2 Å². The zero-order valence-corrected chi connectivity index (χ0v) is 16.5. The Morgan fingerprint density at radius 1 is 1.25 bits per heavy atom. The van der Waals surface area contributed by atoms with Crippen LogP contribution in [0, 0.1) is 0 Å². The van der Waals surface area contributed by atoms with Crippen molar-refractivity contribution in [1.29, 1.82) is 0 Å². The lowest BCUT2D eigenvalue weighted by atomic mass is 9.82. The summed E-state index contributed by atoms with van der Waals surface area (Å²) < 4.78 is 11.9. The van der Waals surface area contributed by atoms with Crippen LogP contribution in [0.15, 0.2) is 18.5 Å². The zero-order valence-electron chi connectivity index (χ0n) is 15.7. The van der Waals surface area contributed by atoms with Crippen molar-refractivity contribution in [3.05, 3.63) is 28.9 Å². The number of hydrogen-bond donors (Lipinski definition) is 1. The highest BCUT2D eigenvalue weighted by molar-refractivity contribution is 7.15. The number of carbonyl (C=O) groups excluding carboxylic acids is 1. The number of likely N-dealkylation sites (tertiary alicyclic amines) is 1. The summed E-state index contributed by atoms with van der Waals surface area (Å²) in [5, 5.41) is 0. The molecule has 2 aromatic rings. The molecule has 1 spiro atoms. The lowest BCUT2D eigenvalue weighted by Gasteiger charge is -2.44. The molecule has 8 heteroatoms. The number of amides is 1. The van der Waals surface area contributed by atoms with Gasteiger partial charge in [-0.1, -0.05) is 0 Å². The summed E-state index contributed by atoms with van der Waals surface area (Å²) in [5.41, 5.74) is 7.48. The molecule has 5 rings (SSSR count). The van der Waals surface area contributed by atoms with Gasteiger partial charge in [-0.3, -0.25) is 4.79 Å². The number of nitrogens with two attached hydrogens (primary N) is 1. The van der Waals surface area contributed by atoms with Gasteiger partial charge in [0.05, 0.1) is 35.2 Å². The molecule has 2 N–H and O–H groups in total. The van der Waals surface area contributed by atoms with Gasteiger partial charge in [0.1, 0.15) is 11.9 Å². The van der Waals surface area contributed by atoms with Gasteiger partial charge in [0, 0.05) is 31.0 Å². The molecule has 148 valence electrons. The van der Waals surface area contributed by atoms with Gasteiger partial charge in [-0.05, 0) is 37.3 Å². The number of fused-ring (bicyclic) bond motifs is 2. The van der Waals surface area contributed by atoms with Crippen molar-refractivity contribution in [3.63, 3.8) is 0 Å². The van der Waals surface area contributed by atoms with Crippen LogP contribution in [0.3, 0.4) is 0 Å². The van der Waals surface area contributed by atoms with E-state index in [0.29, 0.717) is 25.5 Å². The second-order valence-electron chi connectivity index (χ2n) is 7.69. The molecule has 28 heavy (non-hydrogen) atoms. The largest absolute Gasteiger partial charge is 0.382 e. The number of ether oxygens (including phenoxy) is 2. The summed E-state index contributed by atoms with van der Waals surface area (Å²) in [7, 11) is 0. The molecule has 0 aromatic carbocycles. The Bertz CT molecular complexity index is 868. The van der Waals surface area contributed by atoms with Crippen molar-refractivity contribution in [2.24, 2.45) is 0 Å². The first kappa shape index (κ1) is 18.0. The molecule has 3 aliphatic heterocycles. The summed E-state index contributed by atoms with van der Waals surface area (Å²) in [4.78, 5) is 25.7. The third kappa shape index (κ3) is 3.09. The molecule has 1 amide bonds. The van der Waals surface area contributed by atoms with Gasteiger partial charge in [0.15, 0.2) is 0 Å². The average molecular weight is 401 g/mol. The van der Waals surface area contributed by atoms with Crippen LogP contribution in [-0.4, -0.2) is 53.2 Å². The monoisotopic (exact) mass is 400 g/mol. The minimum atomic E-state index is -0.295. The molecule has 3 aliphatic rings. The molecule has 2 aromatic heterocycles. The van der Waals surface area contributed by atoms with Crippen LogP contribution in [0.4, 0.5) is 5.82 Å². The molecule has 0 bridgehead atoms. The molecular formula is C20H24N4O3S. The molecule has 1 unspecified atom stereocenters. The number of nitrogen functional groups attached to an aromatic ring is 1. The minimum absolute atomic E-state index is 0.145. The second kappa shape index (κ2) is 7.09. The number of carbonyl (C=O) groups is 1. The Morgan fingerprint density at radius 2 is 2.11 bits per heavy atom. The standard InChI is InChI=1S/C20H24N4O3S/c21-18-12-22-14(11-23-18)17-10-13-16(28-17)3-9-27-20(13)4-6-24(7-5-20)19(25)15-2-1-8-26-15/h10-12,15H,1-9H2,(H2,21,23). The maximum atomic E-state index is 12.7. The van der Waals surface area contributed by atoms with Gasteiger partial charge in [-0.15, -0.1) is 11.3 Å². The van der Waals surface area contributed by atoms with E-state index in [9.17, 15) is 4.79 Å². The smallest absolute Gasteiger partial charge is 0.251 e. The van der Waals surface area contributed by atoms with E-state index in [2.05, 4.69) is 16.0 Å². The molecule has 5 heterocycles. The van der Waals surface area contributed by atoms with Gasteiger partial charge in [-0.2, -0.15) is 0 Å². The molecule has 1 atom stereocenters. The Morgan fingerprint density at radius 3 is 2.82 bits per heavy atom. The molecular weight excluding hydrogens is 376 g/mol. The maximum absolute atomic E-state index is 12.7. The van der Waals surface area contributed by atoms with Crippen LogP contribution in [0.5, 0.6) is 0 Å². The molecule has 7 nitrogen and oxygen atoms in total. The third-order valence-electron chi connectivity index (χ3n) is 6.02. The molecule has 0 radical (unpaired) electrons. The van der Waals surface area contributed by atoms with Crippen molar-refractivity contribution in [2.45, 2.75) is 43.8 Å². The number of hydrogen-bond acceptors (Lipinski definition) is 7. The van der Waals surface area contributed by atoms with E-state index in [1.165, 1.54) is 10.4 Å². The van der Waals surface area contributed by atoms with Crippen LogP contribution in [-0.2, 0) is 26.3 Å². The number of thiophene rings is 1. The number of anilines is 1. The Hall–Kier alpha value is -2.03. The van der Waals surface area contributed by atoms with Gasteiger partial charge in [-0.25, -0.2) is 9.97 Å². The van der Waals surface area contributed by atoms with Crippen molar-refractivity contribution < 1.29 is 14.3 Å². The molecule has 2 saturated heterocycles. The van der Waals surface area contributed by atoms with Crippen molar-refractivity contribution in [3.8, 4) is 10.6 Å². The Kier molecular flexibility index (Phi) is 4.57. The second-order valence-corrected chi connectivity index (χ2v) is 8.83. The van der Waals surface area contributed by atoms with Crippen LogP contribution < -0.4 is 5.73 Å². The predicted octanol–water partition coefficient (Wildman–Crippen LogP) is 2.36. The number of rotatable bonds is 2. The number of nitrogens with zero attached hydrogens (tertiary/aromatic N) is 3. The number of piperidine rings is 1. The summed E-state index contributed by atoms with van der Waals surface area (Å²) in [5.74, 6) is 0.569. The lowest BCUT2D eigenvalue weighted by molar-refractivity contribution is -0.149. The first-order chi connectivity index (χ1) is 13.6. The SMILES string of the molecule is Nc1cnc(-c2cc3c(s2)CCOC32CCN(C(=O)C3CCCO3)CC2)cn1. The predicted molar refractivity (Wildman–Crippen MR) is 106 cm³/mol. The van der Waals surface area contributed by atoms with Gasteiger partial charge >= 0.3 is 0 Å². The fraction of sp³-hybridized carbons (Fsp3) is 0.550. The minimum Gasteiger partial charge on any atom is -0.382 e. The maximum Gasteiger partial charge on any atom is 0.251 e. The quantitative estimate of drug-likeness (QED) is 0.832. The van der Waals surface area contributed by atoms with E-state index in [1.807, 2.05) is 4.90 Å². The fourth-order valence-corrected chi connectivity index (χ4v) is 5.68. The van der Waals surface area contributed by atoms with Crippen LogP contribution >= 0.6 is 11.3 Å². The van der Waals surface area contributed by atoms with E-state index in [0.717, 1.165) is 49.3 Å². The van der Waals surface area contributed by atoms with Gasteiger partial charge < -0.3 is 20.1 Å². The first-order valence-electron chi connectivity index (χ1n) is 9.90. The first-order valence-corrected chi connectivity index (χ1v) is 10.7. The summed E-state index contributed by atoms with van der Waals surface area (Å²) in [6, 6.07) is 2.21. The molecule has 0 saturated carbocycles. The van der Waals surface area contributed by atoms with E-state index in [1.54, 1.807) is 23.7 Å². The summed E-state index contributed by atoms with van der Waals surface area (Å²) in [6.07, 6.45) is 7.46. The van der Waals surface area contributed by atoms with E-state index >= 15 is 0 Å². The van der Waals surface area contributed by atoms with Gasteiger partial charge in [0.2, 0.25) is 0 Å². The average Bonchev–Trinajstić information content (AvgIpc) is 3.40. The van der Waals surface area contributed by atoms with Crippen LogP contribution in [0.2, 0.25) is 0 Å². The highest BCUT2D eigenvalue weighted by Gasteiger charge is 2.43. The zero-order chi connectivity index (χ0) is 19.1. The Labute approximate surface area is 167 Å². The fourth-order valence-electron chi connectivity index (χ4n) is 4.49. The van der Waals surface area contributed by atoms with Crippen LogP contribution in [0.25, 0.3) is 10.6 Å². The molecule has 0 aliphatic carbocycles. The molecule has 2 fully saturated rings. The van der Waals surface area contributed by atoms with Crippen LogP contribution in [0.1, 0.15) is 36.1 Å². The van der Waals surface area contributed by atoms with Gasteiger partial charge in [0.25, 0.3) is 5.91 Å². The summed E-state index contributed by atoms with van der Waals surface area (Å²) in [6.45, 7) is 2.85. The highest BCUT2D eigenvalue weighted by atomic mass is 32.1. The normalized spacial score (nSPS) is 23.7. The lowest BCUT2D eigenvalue weighted by Crippen LogP contribution is -2.50.